The van der Waals surface area contributed by atoms with Gasteiger partial charge >= 0.3 is 11.7 Å². The van der Waals surface area contributed by atoms with Crippen molar-refractivity contribution in [3.63, 3.8) is 0 Å². The number of imide groups is 1. The van der Waals surface area contributed by atoms with Crippen LogP contribution in [-0.4, -0.2) is 49.1 Å². The molecule has 1 aliphatic rings. The topological polar surface area (TPSA) is 87.8 Å². The highest BCUT2D eigenvalue weighted by Crippen LogP contribution is 2.21. The SMILES string of the molecule is CCN1C(=O)/C(=C/C=C/C=C/c2c(O)n(CC)c(=O)n2CC)N(CC)C1=O. The average molecular weight is 374 g/mol. The fourth-order valence-corrected chi connectivity index (χ4v) is 3.05. The van der Waals surface area contributed by atoms with Gasteiger partial charge in [0.15, 0.2) is 0 Å². The first-order valence-electron chi connectivity index (χ1n) is 9.13. The summed E-state index contributed by atoms with van der Waals surface area (Å²) in [5.74, 6) is -0.380. The first-order valence-corrected chi connectivity index (χ1v) is 9.13. The monoisotopic (exact) mass is 374 g/mol. The summed E-state index contributed by atoms with van der Waals surface area (Å²) in [6.45, 7) is 8.77. The Hall–Kier alpha value is -3.03. The van der Waals surface area contributed by atoms with Gasteiger partial charge in [0.2, 0.25) is 5.88 Å². The van der Waals surface area contributed by atoms with Crippen molar-refractivity contribution in [2.24, 2.45) is 0 Å². The molecule has 0 spiro atoms. The average Bonchev–Trinajstić information content (AvgIpc) is 3.03. The van der Waals surface area contributed by atoms with Gasteiger partial charge in [-0.3, -0.25) is 23.7 Å². The van der Waals surface area contributed by atoms with E-state index in [1.807, 2.05) is 13.8 Å². The molecule has 146 valence electrons. The molecule has 1 fully saturated rings. The zero-order valence-electron chi connectivity index (χ0n) is 16.2. The van der Waals surface area contributed by atoms with Crippen molar-refractivity contribution < 1.29 is 14.7 Å². The van der Waals surface area contributed by atoms with E-state index in [9.17, 15) is 19.5 Å². The van der Waals surface area contributed by atoms with Crippen LogP contribution < -0.4 is 5.69 Å². The number of allylic oxidation sites excluding steroid dienone is 4. The molecular weight excluding hydrogens is 348 g/mol. The molecule has 27 heavy (non-hydrogen) atoms. The molecule has 1 aromatic rings. The lowest BCUT2D eigenvalue weighted by Crippen LogP contribution is -2.32. The second kappa shape index (κ2) is 8.57. The molecule has 0 radical (unpaired) electrons. The summed E-state index contributed by atoms with van der Waals surface area (Å²) >= 11 is 0. The molecular formula is C19H26N4O4. The number of likely N-dealkylation sites (N-methyl/N-ethyl adjacent to an activating group) is 2. The molecule has 3 amide bonds. The lowest BCUT2D eigenvalue weighted by atomic mass is 10.3. The van der Waals surface area contributed by atoms with E-state index in [1.165, 1.54) is 18.9 Å². The fraction of sp³-hybridized carbons (Fsp3) is 0.421. The molecule has 0 aliphatic carbocycles. The summed E-state index contributed by atoms with van der Waals surface area (Å²) in [7, 11) is 0. The highest BCUT2D eigenvalue weighted by atomic mass is 16.3. The molecule has 1 aliphatic heterocycles. The smallest absolute Gasteiger partial charge is 0.331 e. The molecule has 8 nitrogen and oxygen atoms in total. The van der Waals surface area contributed by atoms with E-state index >= 15 is 0 Å². The minimum atomic E-state index is -0.310. The van der Waals surface area contributed by atoms with Crippen LogP contribution in [0.1, 0.15) is 33.4 Å². The van der Waals surface area contributed by atoms with Crippen molar-refractivity contribution in [1.82, 2.24) is 18.9 Å². The number of carbonyl (C=O) groups excluding carboxylic acids is 2. The first kappa shape index (κ1) is 20.3. The van der Waals surface area contributed by atoms with E-state index < -0.39 is 0 Å². The summed E-state index contributed by atoms with van der Waals surface area (Å²) in [6.07, 6.45) is 8.24. The van der Waals surface area contributed by atoms with Gasteiger partial charge in [-0.15, -0.1) is 0 Å². The standard InChI is InChI=1S/C19H26N4O4/c1-5-20-14(16(24)22(7-3)18(20)26)12-10-9-11-13-15-17(25)23(8-4)19(27)21(15)6-2/h9-13,24H,5-8H2,1-4H3/b11-9+,12-10+,15-13-. The van der Waals surface area contributed by atoms with Crippen LogP contribution in [0.25, 0.3) is 6.08 Å². The van der Waals surface area contributed by atoms with Gasteiger partial charge in [-0.05, 0) is 39.8 Å². The lowest BCUT2D eigenvalue weighted by Gasteiger charge is -2.13. The van der Waals surface area contributed by atoms with Gasteiger partial charge in [-0.25, -0.2) is 9.59 Å². The molecule has 2 rings (SSSR count). The van der Waals surface area contributed by atoms with Gasteiger partial charge in [0.25, 0.3) is 5.91 Å². The summed E-state index contributed by atoms with van der Waals surface area (Å²) in [5, 5.41) is 10.2. The fourth-order valence-electron chi connectivity index (χ4n) is 3.05. The van der Waals surface area contributed by atoms with Crippen LogP contribution in [-0.2, 0) is 17.9 Å². The predicted octanol–water partition coefficient (Wildman–Crippen LogP) is 2.15. The first-order chi connectivity index (χ1) is 12.9. The van der Waals surface area contributed by atoms with Gasteiger partial charge in [-0.1, -0.05) is 18.2 Å². The normalized spacial score (nSPS) is 16.8. The highest BCUT2D eigenvalue weighted by molar-refractivity contribution is 6.11. The summed E-state index contributed by atoms with van der Waals surface area (Å²) in [5.41, 5.74) is 0.511. The third-order valence-corrected chi connectivity index (χ3v) is 4.45. The van der Waals surface area contributed by atoms with Crippen molar-refractivity contribution in [2.75, 3.05) is 13.1 Å². The number of hydrogen-bond donors (Lipinski definition) is 1. The van der Waals surface area contributed by atoms with E-state index in [1.54, 1.807) is 44.2 Å². The molecule has 8 heteroatoms. The number of aromatic nitrogens is 2. The largest absolute Gasteiger partial charge is 0.493 e. The minimum Gasteiger partial charge on any atom is -0.493 e. The molecule has 0 atom stereocenters. The van der Waals surface area contributed by atoms with Crippen molar-refractivity contribution in [1.29, 1.82) is 0 Å². The maximum absolute atomic E-state index is 12.3. The number of nitrogens with zero attached hydrogens (tertiary/aromatic N) is 4. The van der Waals surface area contributed by atoms with E-state index in [0.29, 0.717) is 37.6 Å². The van der Waals surface area contributed by atoms with Crippen LogP contribution in [0, 0.1) is 0 Å². The molecule has 0 unspecified atom stereocenters. The zero-order chi connectivity index (χ0) is 20.1. The Balaban J connectivity index is 2.23. The van der Waals surface area contributed by atoms with Crippen LogP contribution in [0.3, 0.4) is 0 Å². The molecule has 0 saturated carbocycles. The van der Waals surface area contributed by atoms with Crippen LogP contribution in [0.2, 0.25) is 0 Å². The van der Waals surface area contributed by atoms with Crippen LogP contribution in [0.5, 0.6) is 5.88 Å². The van der Waals surface area contributed by atoms with Crippen LogP contribution in [0.15, 0.2) is 34.8 Å². The van der Waals surface area contributed by atoms with Crippen molar-refractivity contribution in [3.05, 3.63) is 46.2 Å². The predicted molar refractivity (Wildman–Crippen MR) is 103 cm³/mol. The Morgan fingerprint density at radius 3 is 2.00 bits per heavy atom. The summed E-state index contributed by atoms with van der Waals surface area (Å²) in [6, 6.07) is -0.307. The quantitative estimate of drug-likeness (QED) is 0.450. The maximum Gasteiger partial charge on any atom is 0.331 e. The van der Waals surface area contributed by atoms with Crippen molar-refractivity contribution in [2.45, 2.75) is 40.8 Å². The minimum absolute atomic E-state index is 0.0698. The summed E-state index contributed by atoms with van der Waals surface area (Å²) < 4.78 is 2.79. The van der Waals surface area contributed by atoms with Gasteiger partial charge in [-0.2, -0.15) is 0 Å². The maximum atomic E-state index is 12.3. The highest BCUT2D eigenvalue weighted by Gasteiger charge is 2.38. The zero-order valence-corrected chi connectivity index (χ0v) is 16.2. The second-order valence-corrected chi connectivity index (χ2v) is 5.85. The van der Waals surface area contributed by atoms with E-state index in [2.05, 4.69) is 0 Å². The second-order valence-electron chi connectivity index (χ2n) is 5.85. The molecule has 1 saturated heterocycles. The molecule has 1 N–H and O–H groups in total. The number of urea groups is 1. The molecule has 2 heterocycles. The Morgan fingerprint density at radius 1 is 0.815 bits per heavy atom. The van der Waals surface area contributed by atoms with Crippen molar-refractivity contribution >= 4 is 18.0 Å². The Kier molecular flexibility index (Phi) is 6.44. The summed E-state index contributed by atoms with van der Waals surface area (Å²) in [4.78, 5) is 39.2. The molecule has 0 bridgehead atoms. The molecule has 1 aromatic heterocycles. The number of amides is 3. The van der Waals surface area contributed by atoms with Gasteiger partial charge in [0.1, 0.15) is 11.4 Å². The number of carbonyl (C=O) groups is 2. The number of hydrogen-bond acceptors (Lipinski definition) is 4. The van der Waals surface area contributed by atoms with E-state index in [4.69, 9.17) is 0 Å². The van der Waals surface area contributed by atoms with Gasteiger partial charge < -0.3 is 5.11 Å². The number of rotatable bonds is 7. The Bertz CT molecular complexity index is 873. The van der Waals surface area contributed by atoms with E-state index in [-0.39, 0.29) is 23.5 Å². The Morgan fingerprint density at radius 2 is 1.44 bits per heavy atom. The Labute approximate surface area is 158 Å². The number of imidazole rings is 1. The van der Waals surface area contributed by atoms with E-state index in [0.717, 1.165) is 0 Å². The third-order valence-electron chi connectivity index (χ3n) is 4.45. The van der Waals surface area contributed by atoms with Gasteiger partial charge in [0, 0.05) is 26.2 Å². The number of aromatic hydroxyl groups is 1. The molecule has 0 aromatic carbocycles. The van der Waals surface area contributed by atoms with Crippen molar-refractivity contribution in [3.8, 4) is 5.88 Å². The van der Waals surface area contributed by atoms with Gasteiger partial charge in [0.05, 0.1) is 0 Å². The lowest BCUT2D eigenvalue weighted by molar-refractivity contribution is -0.122. The van der Waals surface area contributed by atoms with Crippen LogP contribution >= 0.6 is 0 Å². The van der Waals surface area contributed by atoms with Crippen LogP contribution in [0.4, 0.5) is 4.79 Å². The third kappa shape index (κ3) is 3.60.